The summed E-state index contributed by atoms with van der Waals surface area (Å²) in [4.78, 5) is 27.4. The van der Waals surface area contributed by atoms with Crippen LogP contribution in [0.25, 0.3) is 0 Å². The number of ether oxygens (including phenoxy) is 1. The highest BCUT2D eigenvalue weighted by Gasteiger charge is 2.26. The van der Waals surface area contributed by atoms with Crippen LogP contribution in [0.2, 0.25) is 0 Å². The minimum Gasteiger partial charge on any atom is -0.484 e. The van der Waals surface area contributed by atoms with Crippen LogP contribution in [0.5, 0.6) is 5.75 Å². The summed E-state index contributed by atoms with van der Waals surface area (Å²) in [6, 6.07) is 17.0. The fourth-order valence-electron chi connectivity index (χ4n) is 3.27. The van der Waals surface area contributed by atoms with Crippen LogP contribution >= 0.6 is 11.3 Å². The molecule has 0 radical (unpaired) electrons. The molecular weight excluding hydrogens is 372 g/mol. The van der Waals surface area contributed by atoms with E-state index >= 15 is 0 Å². The van der Waals surface area contributed by atoms with Gasteiger partial charge in [0.1, 0.15) is 5.75 Å². The van der Waals surface area contributed by atoms with Gasteiger partial charge in [-0.1, -0.05) is 18.2 Å². The smallest absolute Gasteiger partial charge is 0.268 e. The van der Waals surface area contributed by atoms with Crippen molar-refractivity contribution >= 4 is 34.5 Å². The quantitative estimate of drug-likeness (QED) is 0.705. The molecule has 1 aromatic heterocycles. The third kappa shape index (κ3) is 3.92. The standard InChI is InChI=1S/C22H20N2O3S/c1-15-4-2-5-18(12-15)27-14-21(25)23-17-7-8-19-16(13-17)9-10-24(19)22(26)20-6-3-11-28-20/h2-8,11-13H,9-10,14H2,1H3,(H,23,25). The van der Waals surface area contributed by atoms with Gasteiger partial charge >= 0.3 is 0 Å². The Morgan fingerprint density at radius 1 is 1.14 bits per heavy atom. The van der Waals surface area contributed by atoms with Gasteiger partial charge in [-0.25, -0.2) is 0 Å². The summed E-state index contributed by atoms with van der Waals surface area (Å²) >= 11 is 1.45. The Balaban J connectivity index is 1.39. The molecule has 0 saturated carbocycles. The first kappa shape index (κ1) is 18.3. The monoisotopic (exact) mass is 392 g/mol. The van der Waals surface area contributed by atoms with Gasteiger partial charge in [0.05, 0.1) is 4.88 Å². The van der Waals surface area contributed by atoms with E-state index in [9.17, 15) is 9.59 Å². The highest BCUT2D eigenvalue weighted by atomic mass is 32.1. The SMILES string of the molecule is Cc1cccc(OCC(=O)Nc2ccc3c(c2)CCN3C(=O)c2cccs2)c1. The maximum Gasteiger partial charge on any atom is 0.268 e. The van der Waals surface area contributed by atoms with E-state index in [0.29, 0.717) is 18.0 Å². The van der Waals surface area contributed by atoms with Gasteiger partial charge < -0.3 is 15.0 Å². The number of carbonyl (C=O) groups excluding carboxylic acids is 2. The van der Waals surface area contributed by atoms with E-state index in [4.69, 9.17) is 4.74 Å². The van der Waals surface area contributed by atoms with E-state index in [1.807, 2.05) is 66.9 Å². The number of anilines is 2. The molecule has 3 aromatic rings. The Kier molecular flexibility index (Phi) is 5.12. The van der Waals surface area contributed by atoms with Crippen molar-refractivity contribution < 1.29 is 14.3 Å². The van der Waals surface area contributed by atoms with E-state index in [1.165, 1.54) is 11.3 Å². The van der Waals surface area contributed by atoms with Crippen molar-refractivity contribution in [3.63, 3.8) is 0 Å². The van der Waals surface area contributed by atoms with E-state index in [1.54, 1.807) is 4.90 Å². The molecule has 0 spiro atoms. The maximum atomic E-state index is 12.6. The van der Waals surface area contributed by atoms with Crippen LogP contribution in [0.15, 0.2) is 60.0 Å². The number of fused-ring (bicyclic) bond motifs is 1. The molecule has 0 unspecified atom stereocenters. The Morgan fingerprint density at radius 3 is 2.82 bits per heavy atom. The summed E-state index contributed by atoms with van der Waals surface area (Å²) in [6.45, 7) is 2.58. The van der Waals surface area contributed by atoms with Gasteiger partial charge in [0, 0.05) is 17.9 Å². The Labute approximate surface area is 167 Å². The molecule has 6 heteroatoms. The van der Waals surface area contributed by atoms with Gasteiger partial charge in [-0.2, -0.15) is 0 Å². The highest BCUT2D eigenvalue weighted by Crippen LogP contribution is 2.32. The van der Waals surface area contributed by atoms with E-state index in [2.05, 4.69) is 5.32 Å². The molecule has 0 atom stereocenters. The number of hydrogen-bond acceptors (Lipinski definition) is 4. The van der Waals surface area contributed by atoms with E-state index in [-0.39, 0.29) is 18.4 Å². The first-order valence-corrected chi connectivity index (χ1v) is 9.96. The average molecular weight is 392 g/mol. The Hall–Kier alpha value is -3.12. The van der Waals surface area contributed by atoms with Gasteiger partial charge in [-0.3, -0.25) is 9.59 Å². The van der Waals surface area contributed by atoms with Crippen molar-refractivity contribution in [2.75, 3.05) is 23.4 Å². The molecule has 2 heterocycles. The Morgan fingerprint density at radius 2 is 2.04 bits per heavy atom. The second kappa shape index (κ2) is 7.86. The predicted molar refractivity (Wildman–Crippen MR) is 111 cm³/mol. The number of amides is 2. The summed E-state index contributed by atoms with van der Waals surface area (Å²) in [5.74, 6) is 0.481. The molecule has 0 saturated heterocycles. The van der Waals surface area contributed by atoms with Crippen molar-refractivity contribution in [3.05, 3.63) is 76.0 Å². The molecule has 4 rings (SSSR count). The van der Waals surface area contributed by atoms with Gasteiger partial charge in [0.25, 0.3) is 11.8 Å². The van der Waals surface area contributed by atoms with Gasteiger partial charge in [0.15, 0.2) is 6.61 Å². The largest absolute Gasteiger partial charge is 0.484 e. The molecule has 5 nitrogen and oxygen atoms in total. The first-order chi connectivity index (χ1) is 13.6. The maximum absolute atomic E-state index is 12.6. The lowest BCUT2D eigenvalue weighted by molar-refractivity contribution is -0.118. The molecule has 1 aliphatic heterocycles. The summed E-state index contributed by atoms with van der Waals surface area (Å²) in [5, 5.41) is 4.77. The number of aryl methyl sites for hydroxylation is 1. The number of carbonyl (C=O) groups is 2. The molecule has 28 heavy (non-hydrogen) atoms. The molecule has 0 aliphatic carbocycles. The number of rotatable bonds is 5. The number of nitrogens with zero attached hydrogens (tertiary/aromatic N) is 1. The van der Waals surface area contributed by atoms with Crippen LogP contribution in [-0.4, -0.2) is 25.0 Å². The molecule has 2 amide bonds. The van der Waals surface area contributed by atoms with E-state index in [0.717, 1.165) is 28.1 Å². The zero-order valence-corrected chi connectivity index (χ0v) is 16.3. The third-order valence-electron chi connectivity index (χ3n) is 4.60. The normalized spacial score (nSPS) is 12.5. The number of hydrogen-bond donors (Lipinski definition) is 1. The third-order valence-corrected chi connectivity index (χ3v) is 5.45. The predicted octanol–water partition coefficient (Wildman–Crippen LogP) is 4.28. The van der Waals surface area contributed by atoms with E-state index < -0.39 is 0 Å². The van der Waals surface area contributed by atoms with Crippen molar-refractivity contribution in [1.82, 2.24) is 0 Å². The van der Waals surface area contributed by atoms with Crippen molar-refractivity contribution in [3.8, 4) is 5.75 Å². The van der Waals surface area contributed by atoms with Crippen molar-refractivity contribution in [2.45, 2.75) is 13.3 Å². The Bertz CT molecular complexity index is 1010. The highest BCUT2D eigenvalue weighted by molar-refractivity contribution is 7.12. The fraction of sp³-hybridized carbons (Fsp3) is 0.182. The van der Waals surface area contributed by atoms with Crippen molar-refractivity contribution in [2.24, 2.45) is 0 Å². The zero-order chi connectivity index (χ0) is 19.5. The van der Waals surface area contributed by atoms with Gasteiger partial charge in [0.2, 0.25) is 0 Å². The molecular formula is C22H20N2O3S. The summed E-state index contributed by atoms with van der Waals surface area (Å²) in [5.41, 5.74) is 3.76. The average Bonchev–Trinajstić information content (AvgIpc) is 3.36. The van der Waals surface area contributed by atoms with Crippen LogP contribution in [0, 0.1) is 6.92 Å². The summed E-state index contributed by atoms with van der Waals surface area (Å²) < 4.78 is 5.54. The lowest BCUT2D eigenvalue weighted by Crippen LogP contribution is -2.28. The second-order valence-corrected chi connectivity index (χ2v) is 7.63. The summed E-state index contributed by atoms with van der Waals surface area (Å²) in [7, 11) is 0. The minimum absolute atomic E-state index is 0.0251. The zero-order valence-electron chi connectivity index (χ0n) is 15.5. The molecule has 2 aromatic carbocycles. The van der Waals surface area contributed by atoms with Crippen LogP contribution in [0.3, 0.4) is 0 Å². The lowest BCUT2D eigenvalue weighted by Gasteiger charge is -2.16. The number of nitrogens with one attached hydrogen (secondary N) is 1. The molecule has 0 fully saturated rings. The van der Waals surface area contributed by atoms with Gasteiger partial charge in [-0.05, 0) is 66.2 Å². The molecule has 0 bridgehead atoms. The first-order valence-electron chi connectivity index (χ1n) is 9.08. The number of benzene rings is 2. The molecule has 1 N–H and O–H groups in total. The lowest BCUT2D eigenvalue weighted by atomic mass is 10.1. The van der Waals surface area contributed by atoms with Crippen LogP contribution in [0.4, 0.5) is 11.4 Å². The number of thiophene rings is 1. The molecule has 1 aliphatic rings. The van der Waals surface area contributed by atoms with Crippen molar-refractivity contribution in [1.29, 1.82) is 0 Å². The second-order valence-electron chi connectivity index (χ2n) is 6.68. The van der Waals surface area contributed by atoms with Crippen LogP contribution in [0.1, 0.15) is 20.8 Å². The van der Waals surface area contributed by atoms with Crippen LogP contribution < -0.4 is 15.0 Å². The fourth-order valence-corrected chi connectivity index (χ4v) is 3.95. The van der Waals surface area contributed by atoms with Gasteiger partial charge in [-0.15, -0.1) is 11.3 Å². The minimum atomic E-state index is -0.217. The van der Waals surface area contributed by atoms with Crippen LogP contribution in [-0.2, 0) is 11.2 Å². The topological polar surface area (TPSA) is 58.6 Å². The molecule has 142 valence electrons. The summed E-state index contributed by atoms with van der Waals surface area (Å²) in [6.07, 6.45) is 0.774.